The largest absolute Gasteiger partial charge is 0.332 e. The van der Waals surface area contributed by atoms with Gasteiger partial charge in [0.25, 0.3) is 11.5 Å². The number of carbonyl (C=O) groups is 1. The molecule has 1 aliphatic heterocycles. The van der Waals surface area contributed by atoms with Crippen molar-refractivity contribution < 1.29 is 4.79 Å². The summed E-state index contributed by atoms with van der Waals surface area (Å²) in [6.45, 7) is 4.69. The number of H-pyrrole nitrogens is 1. The number of fused-ring (bicyclic) bond motifs is 4. The second-order valence-corrected chi connectivity index (χ2v) is 11.5. The highest BCUT2D eigenvalue weighted by atomic mass is 79.9. The summed E-state index contributed by atoms with van der Waals surface area (Å²) in [6.07, 6.45) is 2.91. The van der Waals surface area contributed by atoms with Gasteiger partial charge in [-0.2, -0.15) is 10.2 Å². The number of aryl methyl sites for hydroxylation is 2. The lowest BCUT2D eigenvalue weighted by atomic mass is 10.0. The Hall–Kier alpha value is -4.50. The maximum Gasteiger partial charge on any atom is 0.261 e. The van der Waals surface area contributed by atoms with Crippen LogP contribution in [0.2, 0.25) is 0 Å². The minimum absolute atomic E-state index is 0.0553. The third kappa shape index (κ3) is 4.28. The summed E-state index contributed by atoms with van der Waals surface area (Å²) in [5, 5.41) is 13.2. The highest BCUT2D eigenvalue weighted by molar-refractivity contribution is 9.10. The Bertz CT molecular complexity index is 2040. The van der Waals surface area contributed by atoms with E-state index in [9.17, 15) is 9.59 Å². The second kappa shape index (κ2) is 9.85. The van der Waals surface area contributed by atoms with E-state index in [0.717, 1.165) is 49.1 Å². The highest BCUT2D eigenvalue weighted by Crippen LogP contribution is 2.27. The number of hydrogen-bond acceptors (Lipinski definition) is 4. The third-order valence-corrected chi connectivity index (χ3v) is 8.88. The summed E-state index contributed by atoms with van der Waals surface area (Å²) in [4.78, 5) is 29.6. The molecule has 41 heavy (non-hydrogen) atoms. The molecule has 3 aromatic carbocycles. The fourth-order valence-corrected chi connectivity index (χ4v) is 6.06. The molecule has 7 rings (SSSR count). The van der Waals surface area contributed by atoms with Crippen LogP contribution in [-0.4, -0.2) is 41.7 Å². The van der Waals surface area contributed by atoms with Crippen molar-refractivity contribution in [2.75, 3.05) is 6.54 Å². The van der Waals surface area contributed by atoms with E-state index in [4.69, 9.17) is 5.10 Å². The average Bonchev–Trinajstić information content (AvgIpc) is 3.57. The van der Waals surface area contributed by atoms with Gasteiger partial charge in [-0.25, -0.2) is 4.52 Å². The number of nitrogens with zero attached hydrogens (tertiary/aromatic N) is 5. The van der Waals surface area contributed by atoms with Crippen LogP contribution in [0.5, 0.6) is 0 Å². The zero-order valence-corrected chi connectivity index (χ0v) is 24.3. The van der Waals surface area contributed by atoms with Crippen molar-refractivity contribution in [1.29, 1.82) is 0 Å². The quantitative estimate of drug-likeness (QED) is 0.286. The molecule has 0 spiro atoms. The first-order valence-corrected chi connectivity index (χ1v) is 14.4. The van der Waals surface area contributed by atoms with Crippen molar-refractivity contribution in [3.8, 4) is 5.69 Å². The van der Waals surface area contributed by atoms with Gasteiger partial charge in [0.15, 0.2) is 0 Å². The highest BCUT2D eigenvalue weighted by Gasteiger charge is 2.29. The van der Waals surface area contributed by atoms with E-state index >= 15 is 0 Å². The van der Waals surface area contributed by atoms with Crippen molar-refractivity contribution in [2.45, 2.75) is 33.2 Å². The van der Waals surface area contributed by atoms with E-state index in [0.29, 0.717) is 42.7 Å². The number of carbonyl (C=O) groups excluding carboxylic acids is 1. The van der Waals surface area contributed by atoms with Crippen LogP contribution in [0.4, 0.5) is 0 Å². The van der Waals surface area contributed by atoms with Gasteiger partial charge in [0, 0.05) is 39.5 Å². The molecule has 0 fully saturated rings. The average molecular weight is 608 g/mol. The molecule has 0 bridgehead atoms. The van der Waals surface area contributed by atoms with E-state index < -0.39 is 0 Å². The lowest BCUT2D eigenvalue weighted by molar-refractivity contribution is 0.0729. The second-order valence-electron chi connectivity index (χ2n) is 10.6. The van der Waals surface area contributed by atoms with Crippen LogP contribution < -0.4 is 5.56 Å². The van der Waals surface area contributed by atoms with Crippen molar-refractivity contribution in [3.05, 3.63) is 127 Å². The number of rotatable bonds is 4. The van der Waals surface area contributed by atoms with E-state index in [1.54, 1.807) is 4.57 Å². The first kappa shape index (κ1) is 25.5. The molecule has 1 amide bonds. The van der Waals surface area contributed by atoms with Gasteiger partial charge in [-0.05, 0) is 67.8 Å². The number of hydrogen-bond donors (Lipinski definition) is 1. The lowest BCUT2D eigenvalue weighted by Gasteiger charge is -2.30. The molecule has 9 heteroatoms. The molecular weight excluding hydrogens is 580 g/mol. The summed E-state index contributed by atoms with van der Waals surface area (Å²) in [6, 6.07) is 21.7. The van der Waals surface area contributed by atoms with Gasteiger partial charge < -0.3 is 4.90 Å². The summed E-state index contributed by atoms with van der Waals surface area (Å²) in [5.41, 5.74) is 8.29. The van der Waals surface area contributed by atoms with E-state index in [-0.39, 0.29) is 11.5 Å². The molecule has 8 nitrogen and oxygen atoms in total. The zero-order chi connectivity index (χ0) is 28.2. The summed E-state index contributed by atoms with van der Waals surface area (Å²) in [5.74, 6) is -0.0553. The maximum atomic E-state index is 14.3. The van der Waals surface area contributed by atoms with E-state index in [1.807, 2.05) is 84.1 Å². The van der Waals surface area contributed by atoms with Crippen molar-refractivity contribution in [1.82, 2.24) is 29.3 Å². The molecule has 1 aliphatic rings. The van der Waals surface area contributed by atoms with Gasteiger partial charge in [-0.15, -0.1) is 0 Å². The van der Waals surface area contributed by atoms with Gasteiger partial charge in [0.1, 0.15) is 5.65 Å². The molecule has 0 unspecified atom stereocenters. The topological polar surface area (TPSA) is 88.3 Å². The maximum absolute atomic E-state index is 14.3. The number of amides is 1. The number of aromatic nitrogens is 5. The van der Waals surface area contributed by atoms with Crippen molar-refractivity contribution in [3.63, 3.8) is 0 Å². The molecule has 0 aliphatic carbocycles. The van der Waals surface area contributed by atoms with Gasteiger partial charge in [0.2, 0.25) is 0 Å². The fraction of sp³-hybridized carbons (Fsp3) is 0.188. The number of benzene rings is 3. The SMILES string of the molecule is Cc1cc(C(=O)N2CCc3c(n4ncc(Cc5ccccc5)c4n(-c4ccc5c(C)n[nH]c5c4)c3=O)C2)ccc1Br. The summed E-state index contributed by atoms with van der Waals surface area (Å²) in [7, 11) is 0. The van der Waals surface area contributed by atoms with Crippen LogP contribution in [0, 0.1) is 13.8 Å². The molecule has 204 valence electrons. The minimum atomic E-state index is -0.0792. The Kier molecular flexibility index (Phi) is 6.12. The molecule has 1 N–H and O–H groups in total. The summed E-state index contributed by atoms with van der Waals surface area (Å²) < 4.78 is 4.60. The van der Waals surface area contributed by atoms with Crippen LogP contribution in [-0.2, 0) is 19.4 Å². The van der Waals surface area contributed by atoms with Crippen LogP contribution in [0.1, 0.15) is 44.0 Å². The smallest absolute Gasteiger partial charge is 0.261 e. The Morgan fingerprint density at radius 3 is 2.68 bits per heavy atom. The first-order valence-electron chi connectivity index (χ1n) is 13.6. The molecular formula is C32H27BrN6O2. The summed E-state index contributed by atoms with van der Waals surface area (Å²) >= 11 is 3.52. The Morgan fingerprint density at radius 2 is 1.88 bits per heavy atom. The van der Waals surface area contributed by atoms with Gasteiger partial charge in [0.05, 0.1) is 35.3 Å². The third-order valence-electron chi connectivity index (χ3n) is 7.99. The van der Waals surface area contributed by atoms with Crippen molar-refractivity contribution in [2.24, 2.45) is 0 Å². The van der Waals surface area contributed by atoms with Gasteiger partial charge in [-0.1, -0.05) is 46.3 Å². The van der Waals surface area contributed by atoms with Crippen LogP contribution in [0.15, 0.2) is 82.2 Å². The molecule has 0 saturated heterocycles. The number of halogens is 1. The molecule has 3 aromatic heterocycles. The van der Waals surface area contributed by atoms with Crippen LogP contribution in [0.3, 0.4) is 0 Å². The minimum Gasteiger partial charge on any atom is -0.332 e. The predicted octanol–water partition coefficient (Wildman–Crippen LogP) is 5.53. The Balaban J connectivity index is 1.39. The standard InChI is InChI=1S/C32H27BrN6O2/c1-19-14-22(8-11-27(19)33)31(40)37-13-12-26-29(18-37)39-30(23(17-34-39)15-21-6-4-3-5-7-21)38(32(26)41)24-9-10-25-20(2)35-36-28(25)16-24/h3-11,14,16-17H,12-13,15,18H2,1-2H3,(H,35,36). The van der Waals surface area contributed by atoms with Crippen LogP contribution in [0.25, 0.3) is 22.2 Å². The Labute approximate surface area is 244 Å². The number of nitrogens with one attached hydrogen (secondary N) is 1. The zero-order valence-electron chi connectivity index (χ0n) is 22.7. The van der Waals surface area contributed by atoms with Gasteiger partial charge >= 0.3 is 0 Å². The van der Waals surface area contributed by atoms with E-state index in [2.05, 4.69) is 38.3 Å². The molecule has 0 radical (unpaired) electrons. The number of aromatic amines is 1. The van der Waals surface area contributed by atoms with Crippen molar-refractivity contribution >= 4 is 38.4 Å². The fourth-order valence-electron chi connectivity index (χ4n) is 5.81. The molecule has 6 aromatic rings. The van der Waals surface area contributed by atoms with E-state index in [1.165, 1.54) is 0 Å². The molecule has 4 heterocycles. The van der Waals surface area contributed by atoms with Crippen LogP contribution >= 0.6 is 15.9 Å². The molecule has 0 atom stereocenters. The Morgan fingerprint density at radius 1 is 1.05 bits per heavy atom. The normalized spacial score (nSPS) is 13.2. The lowest BCUT2D eigenvalue weighted by Crippen LogP contribution is -2.41. The van der Waals surface area contributed by atoms with Gasteiger partial charge in [-0.3, -0.25) is 19.3 Å². The molecule has 0 saturated carbocycles. The first-order chi connectivity index (χ1) is 19.9. The monoisotopic (exact) mass is 606 g/mol. The predicted molar refractivity (Wildman–Crippen MR) is 162 cm³/mol.